The van der Waals surface area contributed by atoms with Gasteiger partial charge in [-0.2, -0.15) is 4.98 Å². The van der Waals surface area contributed by atoms with E-state index in [1.165, 1.54) is 0 Å². The van der Waals surface area contributed by atoms with Crippen LogP contribution in [0.15, 0.2) is 35.0 Å². The number of carbonyl (C=O) groups is 1. The number of hydrogen-bond acceptors (Lipinski definition) is 5. The van der Waals surface area contributed by atoms with Crippen molar-refractivity contribution in [1.29, 1.82) is 0 Å². The van der Waals surface area contributed by atoms with E-state index >= 15 is 0 Å². The van der Waals surface area contributed by atoms with Gasteiger partial charge in [0.2, 0.25) is 0 Å². The molecule has 1 aromatic carbocycles. The van der Waals surface area contributed by atoms with Crippen molar-refractivity contribution < 1.29 is 14.1 Å². The van der Waals surface area contributed by atoms with Gasteiger partial charge in [0.1, 0.15) is 6.61 Å². The molecule has 25 heavy (non-hydrogen) atoms. The highest BCUT2D eigenvalue weighted by atomic mass is 16.5. The zero-order chi connectivity index (χ0) is 17.2. The molecule has 1 aliphatic rings. The number of aromatic nitrogens is 3. The maximum absolute atomic E-state index is 12.8. The molecule has 0 aliphatic carbocycles. The Kier molecular flexibility index (Phi) is 4.23. The molecule has 7 nitrogen and oxygen atoms in total. The molecule has 1 N–H and O–H groups in total. The molecule has 1 amide bonds. The van der Waals surface area contributed by atoms with E-state index in [1.807, 2.05) is 35.4 Å². The van der Waals surface area contributed by atoms with Gasteiger partial charge < -0.3 is 19.1 Å². The van der Waals surface area contributed by atoms with Crippen LogP contribution in [-0.2, 0) is 11.3 Å². The summed E-state index contributed by atoms with van der Waals surface area (Å²) in [7, 11) is 0. The molecule has 1 unspecified atom stereocenters. The average Bonchev–Trinajstić information content (AvgIpc) is 3.27. The molecule has 130 valence electrons. The molecule has 1 fully saturated rings. The van der Waals surface area contributed by atoms with Gasteiger partial charge in [0, 0.05) is 30.4 Å². The first-order valence-corrected chi connectivity index (χ1v) is 8.46. The number of aromatic amines is 1. The lowest BCUT2D eigenvalue weighted by Crippen LogP contribution is -2.43. The van der Waals surface area contributed by atoms with Gasteiger partial charge in [-0.1, -0.05) is 11.2 Å². The maximum Gasteiger partial charge on any atom is 0.254 e. The van der Waals surface area contributed by atoms with Gasteiger partial charge in [0.05, 0.1) is 6.10 Å². The Morgan fingerprint density at radius 2 is 2.36 bits per heavy atom. The number of nitrogens with one attached hydrogen (secondary N) is 1. The van der Waals surface area contributed by atoms with Crippen molar-refractivity contribution >= 4 is 16.8 Å². The van der Waals surface area contributed by atoms with Crippen LogP contribution in [0.1, 0.15) is 34.9 Å². The topological polar surface area (TPSA) is 84.3 Å². The van der Waals surface area contributed by atoms with Gasteiger partial charge in [-0.3, -0.25) is 4.79 Å². The molecular weight excluding hydrogens is 320 g/mol. The molecule has 4 rings (SSSR count). The van der Waals surface area contributed by atoms with Crippen molar-refractivity contribution in [3.05, 3.63) is 47.7 Å². The van der Waals surface area contributed by atoms with E-state index in [4.69, 9.17) is 9.26 Å². The zero-order valence-electron chi connectivity index (χ0n) is 14.1. The summed E-state index contributed by atoms with van der Waals surface area (Å²) in [6.07, 6.45) is 3.71. The molecule has 3 heterocycles. The van der Waals surface area contributed by atoms with Gasteiger partial charge >= 0.3 is 0 Å². The molecular formula is C18H20N4O3. The first kappa shape index (κ1) is 15.8. The molecule has 1 atom stereocenters. The second-order valence-corrected chi connectivity index (χ2v) is 6.34. The Morgan fingerprint density at radius 3 is 3.20 bits per heavy atom. The summed E-state index contributed by atoms with van der Waals surface area (Å²) in [5.74, 6) is 1.11. The van der Waals surface area contributed by atoms with E-state index < -0.39 is 0 Å². The molecule has 0 saturated carbocycles. The molecule has 0 radical (unpaired) electrons. The third-order valence-electron chi connectivity index (χ3n) is 4.48. The molecule has 2 aromatic heterocycles. The second kappa shape index (κ2) is 6.68. The SMILES string of the molecule is Cc1noc(COC2CCCN(C(=O)c3ccc4cc[nH]c4c3)C2)n1. The van der Waals surface area contributed by atoms with Gasteiger partial charge in [0.15, 0.2) is 5.82 Å². The van der Waals surface area contributed by atoms with E-state index in [2.05, 4.69) is 15.1 Å². The lowest BCUT2D eigenvalue weighted by atomic mass is 10.1. The standard InChI is InChI=1S/C18H20N4O3/c1-12-20-17(25-21-12)11-24-15-3-2-8-22(10-15)18(23)14-5-4-13-6-7-19-16(13)9-14/h4-7,9,15,19H,2-3,8,10-11H2,1H3. The largest absolute Gasteiger partial charge is 0.367 e. The van der Waals surface area contributed by atoms with Crippen LogP contribution >= 0.6 is 0 Å². The van der Waals surface area contributed by atoms with E-state index in [1.54, 1.807) is 6.92 Å². The Labute approximate surface area is 145 Å². The number of piperidine rings is 1. The van der Waals surface area contributed by atoms with Crippen LogP contribution in [0.4, 0.5) is 0 Å². The highest BCUT2D eigenvalue weighted by Crippen LogP contribution is 2.20. The number of hydrogen-bond donors (Lipinski definition) is 1. The molecule has 1 aliphatic heterocycles. The highest BCUT2D eigenvalue weighted by molar-refractivity contribution is 5.98. The minimum atomic E-state index is -0.0147. The summed E-state index contributed by atoms with van der Waals surface area (Å²) in [5.41, 5.74) is 1.67. The summed E-state index contributed by atoms with van der Waals surface area (Å²) in [4.78, 5) is 21.9. The predicted molar refractivity (Wildman–Crippen MR) is 91.0 cm³/mol. The fourth-order valence-corrected chi connectivity index (χ4v) is 3.21. The number of benzene rings is 1. The van der Waals surface area contributed by atoms with E-state index in [-0.39, 0.29) is 18.6 Å². The van der Waals surface area contributed by atoms with Crippen LogP contribution in [0.25, 0.3) is 10.9 Å². The molecule has 7 heteroatoms. The number of rotatable bonds is 4. The van der Waals surface area contributed by atoms with Crippen molar-refractivity contribution in [2.75, 3.05) is 13.1 Å². The smallest absolute Gasteiger partial charge is 0.254 e. The van der Waals surface area contributed by atoms with Crippen LogP contribution in [0.3, 0.4) is 0 Å². The van der Waals surface area contributed by atoms with Gasteiger partial charge in [-0.25, -0.2) is 0 Å². The quantitative estimate of drug-likeness (QED) is 0.789. The number of aryl methyl sites for hydroxylation is 1. The summed E-state index contributed by atoms with van der Waals surface area (Å²) < 4.78 is 10.9. The summed E-state index contributed by atoms with van der Waals surface area (Å²) in [5, 5.41) is 4.85. The van der Waals surface area contributed by atoms with Crippen LogP contribution in [0, 0.1) is 6.92 Å². The average molecular weight is 340 g/mol. The van der Waals surface area contributed by atoms with Crippen LogP contribution in [-0.4, -0.2) is 45.1 Å². The van der Waals surface area contributed by atoms with E-state index in [9.17, 15) is 4.79 Å². The fourth-order valence-electron chi connectivity index (χ4n) is 3.21. The molecule has 3 aromatic rings. The van der Waals surface area contributed by atoms with Crippen molar-refractivity contribution in [2.24, 2.45) is 0 Å². The zero-order valence-corrected chi connectivity index (χ0v) is 14.1. The predicted octanol–water partition coefficient (Wildman–Crippen LogP) is 2.68. The van der Waals surface area contributed by atoms with Crippen molar-refractivity contribution in [3.63, 3.8) is 0 Å². The van der Waals surface area contributed by atoms with E-state index in [0.717, 1.165) is 30.3 Å². The minimum Gasteiger partial charge on any atom is -0.367 e. The summed E-state index contributed by atoms with van der Waals surface area (Å²) >= 11 is 0. The van der Waals surface area contributed by atoms with Gasteiger partial charge in [0.25, 0.3) is 11.8 Å². The van der Waals surface area contributed by atoms with Gasteiger partial charge in [-0.15, -0.1) is 0 Å². The monoisotopic (exact) mass is 340 g/mol. The first-order valence-electron chi connectivity index (χ1n) is 8.46. The number of nitrogens with zero attached hydrogens (tertiary/aromatic N) is 3. The maximum atomic E-state index is 12.8. The molecule has 1 saturated heterocycles. The molecule has 0 bridgehead atoms. The van der Waals surface area contributed by atoms with Crippen LogP contribution < -0.4 is 0 Å². The second-order valence-electron chi connectivity index (χ2n) is 6.34. The number of amides is 1. The fraction of sp³-hybridized carbons (Fsp3) is 0.389. The Hall–Kier alpha value is -2.67. The van der Waals surface area contributed by atoms with Crippen molar-refractivity contribution in [2.45, 2.75) is 32.5 Å². The minimum absolute atomic E-state index is 0.0147. The lowest BCUT2D eigenvalue weighted by Gasteiger charge is -2.32. The Balaban J connectivity index is 1.40. The normalized spacial score (nSPS) is 18.0. The van der Waals surface area contributed by atoms with Crippen molar-refractivity contribution in [3.8, 4) is 0 Å². The number of carbonyl (C=O) groups excluding carboxylic acids is 1. The summed E-state index contributed by atoms with van der Waals surface area (Å²) in [6, 6.07) is 7.75. The van der Waals surface area contributed by atoms with Crippen LogP contribution in [0.2, 0.25) is 0 Å². The molecule has 0 spiro atoms. The van der Waals surface area contributed by atoms with Crippen molar-refractivity contribution in [1.82, 2.24) is 20.0 Å². The van der Waals surface area contributed by atoms with Crippen LogP contribution in [0.5, 0.6) is 0 Å². The number of likely N-dealkylation sites (tertiary alicyclic amines) is 1. The first-order chi connectivity index (χ1) is 12.2. The number of ether oxygens (including phenoxy) is 1. The lowest BCUT2D eigenvalue weighted by molar-refractivity contribution is -0.0153. The number of H-pyrrole nitrogens is 1. The van der Waals surface area contributed by atoms with Gasteiger partial charge in [-0.05, 0) is 43.4 Å². The third kappa shape index (κ3) is 3.41. The highest BCUT2D eigenvalue weighted by Gasteiger charge is 2.25. The Bertz CT molecular complexity index is 885. The van der Waals surface area contributed by atoms with E-state index in [0.29, 0.717) is 23.8 Å². The Morgan fingerprint density at radius 1 is 1.44 bits per heavy atom. The number of fused-ring (bicyclic) bond motifs is 1. The summed E-state index contributed by atoms with van der Waals surface area (Å²) in [6.45, 7) is 3.38. The third-order valence-corrected chi connectivity index (χ3v) is 4.48.